The molecule has 3 aromatic heterocycles. The van der Waals surface area contributed by atoms with Crippen LogP contribution in [0.2, 0.25) is 0 Å². The smallest absolute Gasteiger partial charge is 0.355 e. The zero-order valence-corrected chi connectivity index (χ0v) is 25.7. The summed E-state index contributed by atoms with van der Waals surface area (Å²) in [4.78, 5) is 32.8. The Hall–Kier alpha value is -3.87. The second kappa shape index (κ2) is 12.3. The molecule has 0 radical (unpaired) electrons. The summed E-state index contributed by atoms with van der Waals surface area (Å²) in [6, 6.07) is 7.55. The van der Waals surface area contributed by atoms with Gasteiger partial charge in [0.25, 0.3) is 0 Å². The molecular weight excluding hydrogens is 584 g/mol. The number of nitrogens with one attached hydrogen (secondary N) is 1. The molecule has 0 saturated carbocycles. The third-order valence-electron chi connectivity index (χ3n) is 8.15. The predicted octanol–water partition coefficient (Wildman–Crippen LogP) is 5.17. The van der Waals surface area contributed by atoms with Crippen LogP contribution in [0.5, 0.6) is 0 Å². The minimum atomic E-state index is -0.804. The highest BCUT2D eigenvalue weighted by Gasteiger charge is 2.31. The number of fused-ring (bicyclic) bond motifs is 5. The van der Waals surface area contributed by atoms with Crippen molar-refractivity contribution < 1.29 is 13.9 Å². The number of anilines is 2. The lowest BCUT2D eigenvalue weighted by molar-refractivity contribution is 0.0296. The standard InChI is InChI=1S/C32H35F2N7O2S/c1-5-25(42)39-13-14-40(19(4)17-39)30-20-16-22(34)28-26-21(33)8-6-9-23(26)35-11-7-15-44-24-10-12-36-27(18(2)3)29(24)41(31(20)37-28)32(43)38-30/h5-6,8-10,12,16,18-19,25,35,42H,1,7,11,13-15,17H2,2-4H3/t19-,25?/m0/s1. The fourth-order valence-corrected chi connectivity index (χ4v) is 6.99. The lowest BCUT2D eigenvalue weighted by Crippen LogP contribution is -2.55. The van der Waals surface area contributed by atoms with Crippen molar-refractivity contribution in [2.45, 2.75) is 50.3 Å². The van der Waals surface area contributed by atoms with Crippen LogP contribution >= 0.6 is 11.8 Å². The molecule has 1 aromatic carbocycles. The lowest BCUT2D eigenvalue weighted by atomic mass is 10.1. The van der Waals surface area contributed by atoms with Crippen LogP contribution in [0.1, 0.15) is 38.8 Å². The van der Waals surface area contributed by atoms with Gasteiger partial charge in [-0.1, -0.05) is 26.5 Å². The zero-order valence-electron chi connectivity index (χ0n) is 24.9. The molecule has 0 aliphatic carbocycles. The Labute approximate surface area is 258 Å². The molecule has 4 aromatic rings. The molecule has 1 unspecified atom stereocenters. The first kappa shape index (κ1) is 30.2. The molecule has 2 N–H and O–H groups in total. The van der Waals surface area contributed by atoms with Gasteiger partial charge in [-0.05, 0) is 55.4 Å². The first-order valence-corrected chi connectivity index (χ1v) is 15.8. The Morgan fingerprint density at radius 1 is 1.18 bits per heavy atom. The molecule has 1 fully saturated rings. The van der Waals surface area contributed by atoms with Gasteiger partial charge in [-0.25, -0.2) is 23.1 Å². The fraction of sp³-hybridized carbons (Fsp3) is 0.375. The molecule has 2 aliphatic heterocycles. The van der Waals surface area contributed by atoms with E-state index in [1.54, 1.807) is 30.1 Å². The number of hydrogen-bond acceptors (Lipinski definition) is 9. The van der Waals surface area contributed by atoms with Crippen molar-refractivity contribution in [2.24, 2.45) is 0 Å². The Kier molecular flexibility index (Phi) is 8.40. The van der Waals surface area contributed by atoms with Gasteiger partial charge >= 0.3 is 5.69 Å². The maximum Gasteiger partial charge on any atom is 0.355 e. The minimum absolute atomic E-state index is 0.00653. The van der Waals surface area contributed by atoms with E-state index in [0.29, 0.717) is 60.2 Å². The number of aliphatic hydroxyl groups is 1. The number of piperazine rings is 1. The molecule has 0 spiro atoms. The summed E-state index contributed by atoms with van der Waals surface area (Å²) in [5.41, 5.74) is 1.06. The zero-order chi connectivity index (χ0) is 31.1. The van der Waals surface area contributed by atoms with Crippen LogP contribution in [0.25, 0.3) is 28.0 Å². The van der Waals surface area contributed by atoms with E-state index in [4.69, 9.17) is 4.98 Å². The Morgan fingerprint density at radius 2 is 2.00 bits per heavy atom. The molecule has 12 heteroatoms. The molecule has 5 heterocycles. The summed E-state index contributed by atoms with van der Waals surface area (Å²) in [7, 11) is 0. The van der Waals surface area contributed by atoms with Crippen molar-refractivity contribution in [3.63, 3.8) is 0 Å². The Morgan fingerprint density at radius 3 is 2.75 bits per heavy atom. The van der Waals surface area contributed by atoms with E-state index < -0.39 is 23.6 Å². The molecular formula is C32H35F2N7O2S. The maximum atomic E-state index is 16.2. The maximum absolute atomic E-state index is 16.2. The fourth-order valence-electron chi connectivity index (χ4n) is 6.00. The van der Waals surface area contributed by atoms with Crippen molar-refractivity contribution in [1.29, 1.82) is 0 Å². The van der Waals surface area contributed by atoms with Gasteiger partial charge in [0.1, 0.15) is 23.6 Å². The SMILES string of the molecule is C=CC(O)N1CCN(c2nc(=O)n3c4nc(c(F)cc24)-c2c(F)cccc2NCCCSc2ccnc(C(C)C)c2-3)[C@@H](C)C1. The third-order valence-corrected chi connectivity index (χ3v) is 9.28. The van der Waals surface area contributed by atoms with Crippen LogP contribution in [0.4, 0.5) is 20.3 Å². The van der Waals surface area contributed by atoms with Gasteiger partial charge in [-0.2, -0.15) is 4.98 Å². The molecule has 2 atom stereocenters. The van der Waals surface area contributed by atoms with Gasteiger partial charge in [0, 0.05) is 49.0 Å². The van der Waals surface area contributed by atoms with Crippen LogP contribution in [-0.4, -0.2) is 73.7 Å². The average Bonchev–Trinajstić information content (AvgIpc) is 3.01. The van der Waals surface area contributed by atoms with Crippen molar-refractivity contribution in [3.05, 3.63) is 77.0 Å². The van der Waals surface area contributed by atoms with Crippen molar-refractivity contribution in [2.75, 3.05) is 42.1 Å². The van der Waals surface area contributed by atoms with Gasteiger partial charge in [-0.15, -0.1) is 11.8 Å². The highest BCUT2D eigenvalue weighted by molar-refractivity contribution is 7.99. The molecule has 1 saturated heterocycles. The summed E-state index contributed by atoms with van der Waals surface area (Å²) in [5.74, 6) is -0.393. The third kappa shape index (κ3) is 5.35. The van der Waals surface area contributed by atoms with E-state index in [0.717, 1.165) is 11.3 Å². The van der Waals surface area contributed by atoms with Crippen LogP contribution in [0.3, 0.4) is 0 Å². The predicted molar refractivity (Wildman–Crippen MR) is 171 cm³/mol. The molecule has 0 amide bonds. The number of nitrogens with zero attached hydrogens (tertiary/aromatic N) is 6. The van der Waals surface area contributed by atoms with Gasteiger partial charge in [-0.3, -0.25) is 9.88 Å². The Balaban J connectivity index is 1.68. The van der Waals surface area contributed by atoms with Crippen LogP contribution in [0.15, 0.2) is 58.9 Å². The largest absolute Gasteiger partial charge is 0.384 e. The quantitative estimate of drug-likeness (QED) is 0.300. The highest BCUT2D eigenvalue weighted by atomic mass is 32.2. The normalized spacial score (nSPS) is 18.2. The van der Waals surface area contributed by atoms with Gasteiger partial charge in [0.15, 0.2) is 11.5 Å². The van der Waals surface area contributed by atoms with E-state index in [1.165, 1.54) is 22.8 Å². The van der Waals surface area contributed by atoms with Crippen LogP contribution in [0, 0.1) is 11.6 Å². The molecule has 230 valence electrons. The molecule has 2 aliphatic rings. The summed E-state index contributed by atoms with van der Waals surface area (Å²) >= 11 is 1.59. The van der Waals surface area contributed by atoms with E-state index in [1.807, 2.05) is 36.6 Å². The number of aromatic nitrogens is 4. The van der Waals surface area contributed by atoms with Crippen molar-refractivity contribution >= 4 is 34.3 Å². The summed E-state index contributed by atoms with van der Waals surface area (Å²) in [6.45, 7) is 11.5. The molecule has 2 bridgehead atoms. The van der Waals surface area contributed by atoms with E-state index in [2.05, 4.69) is 21.9 Å². The van der Waals surface area contributed by atoms with Gasteiger partial charge in [0.05, 0.1) is 22.3 Å². The Bertz CT molecular complexity index is 1800. The second-order valence-corrected chi connectivity index (χ2v) is 12.6. The first-order valence-electron chi connectivity index (χ1n) is 14.8. The van der Waals surface area contributed by atoms with E-state index in [9.17, 15) is 9.90 Å². The van der Waals surface area contributed by atoms with Crippen molar-refractivity contribution in [1.82, 2.24) is 24.4 Å². The number of benzene rings is 1. The minimum Gasteiger partial charge on any atom is -0.384 e. The summed E-state index contributed by atoms with van der Waals surface area (Å²) < 4.78 is 33.1. The van der Waals surface area contributed by atoms with E-state index in [-0.39, 0.29) is 28.9 Å². The molecule has 44 heavy (non-hydrogen) atoms. The van der Waals surface area contributed by atoms with Gasteiger partial charge < -0.3 is 15.3 Å². The number of rotatable bonds is 4. The molecule has 6 rings (SSSR count). The number of thioether (sulfide) groups is 1. The number of aliphatic hydroxyl groups excluding tert-OH is 1. The summed E-state index contributed by atoms with van der Waals surface area (Å²) in [5, 5.41) is 13.9. The first-order chi connectivity index (χ1) is 21.2. The lowest BCUT2D eigenvalue weighted by Gasteiger charge is -2.42. The number of hydrogen-bond donors (Lipinski definition) is 2. The van der Waals surface area contributed by atoms with E-state index >= 15 is 8.78 Å². The average molecular weight is 620 g/mol. The van der Waals surface area contributed by atoms with Crippen LogP contribution < -0.4 is 15.9 Å². The summed E-state index contributed by atoms with van der Waals surface area (Å²) in [6.07, 6.45) is 3.13. The number of pyridine rings is 2. The second-order valence-electron chi connectivity index (χ2n) is 11.4. The number of halogens is 2. The molecule has 9 nitrogen and oxygen atoms in total. The van der Waals surface area contributed by atoms with Crippen molar-refractivity contribution in [3.8, 4) is 16.9 Å². The van der Waals surface area contributed by atoms with Crippen LogP contribution in [-0.2, 0) is 0 Å². The topological polar surface area (TPSA) is 99.4 Å². The highest BCUT2D eigenvalue weighted by Crippen LogP contribution is 2.38. The van der Waals surface area contributed by atoms with Gasteiger partial charge in [0.2, 0.25) is 0 Å². The monoisotopic (exact) mass is 619 g/mol.